The van der Waals surface area contributed by atoms with Gasteiger partial charge in [0.2, 0.25) is 5.88 Å². The lowest BCUT2D eigenvalue weighted by Gasteiger charge is -2.14. The maximum absolute atomic E-state index is 15.1. The van der Waals surface area contributed by atoms with Crippen LogP contribution in [0.1, 0.15) is 27.2 Å². The molecule has 3 heterocycles. The van der Waals surface area contributed by atoms with E-state index in [0.29, 0.717) is 45.2 Å². The Hall–Kier alpha value is -4.92. The van der Waals surface area contributed by atoms with Crippen molar-refractivity contribution in [1.82, 2.24) is 14.5 Å². The molecule has 0 bridgehead atoms. The zero-order valence-corrected chi connectivity index (χ0v) is 21.4. The number of carbonyl (C=O) groups excluding carboxylic acids is 1. The first kappa shape index (κ1) is 25.7. The Balaban J connectivity index is 1.42. The van der Waals surface area contributed by atoms with E-state index in [9.17, 15) is 14.0 Å². The van der Waals surface area contributed by atoms with E-state index < -0.39 is 23.0 Å². The number of pyridine rings is 3. The van der Waals surface area contributed by atoms with Gasteiger partial charge in [0.1, 0.15) is 11.3 Å². The number of aromatic nitrogens is 3. The van der Waals surface area contributed by atoms with E-state index in [-0.39, 0.29) is 17.7 Å². The third-order valence-electron chi connectivity index (χ3n) is 6.26. The zero-order chi connectivity index (χ0) is 27.7. The molecule has 39 heavy (non-hydrogen) atoms. The van der Waals surface area contributed by atoms with Crippen LogP contribution in [-0.2, 0) is 6.42 Å². The number of benzene rings is 2. The van der Waals surface area contributed by atoms with Crippen molar-refractivity contribution in [2.75, 3.05) is 7.11 Å². The van der Waals surface area contributed by atoms with E-state index >= 15 is 4.39 Å². The lowest BCUT2D eigenvalue weighted by atomic mass is 9.99. The van der Waals surface area contributed by atoms with Crippen LogP contribution in [0.4, 0.5) is 8.78 Å². The zero-order valence-electron chi connectivity index (χ0n) is 21.4. The van der Waals surface area contributed by atoms with Gasteiger partial charge in [0.05, 0.1) is 18.2 Å². The SMILES string of the molecule is COc1ccc2nccc(Oc3ccc(CC(=O)c4c(C)cc(C)n(-c5ccc(F)cc5)c4=O)cc3F)c2n1. The Labute approximate surface area is 222 Å². The number of carbonyl (C=O) groups is 1. The third kappa shape index (κ3) is 5.11. The van der Waals surface area contributed by atoms with Gasteiger partial charge < -0.3 is 9.47 Å². The molecule has 0 spiro atoms. The van der Waals surface area contributed by atoms with Crippen molar-refractivity contribution in [1.29, 1.82) is 0 Å². The predicted octanol–water partition coefficient (Wildman–Crippen LogP) is 5.90. The number of hydrogen-bond acceptors (Lipinski definition) is 6. The molecule has 2 aromatic carbocycles. The highest BCUT2D eigenvalue weighted by atomic mass is 19.1. The molecule has 5 rings (SSSR count). The second-order valence-electron chi connectivity index (χ2n) is 8.96. The van der Waals surface area contributed by atoms with Crippen molar-refractivity contribution in [3.8, 4) is 23.1 Å². The van der Waals surface area contributed by atoms with Crippen molar-refractivity contribution >= 4 is 16.8 Å². The Morgan fingerprint density at radius 1 is 0.949 bits per heavy atom. The van der Waals surface area contributed by atoms with Crippen LogP contribution in [-0.4, -0.2) is 27.4 Å². The van der Waals surface area contributed by atoms with E-state index in [0.717, 1.165) is 0 Å². The fraction of sp³-hybridized carbons (Fsp3) is 0.133. The van der Waals surface area contributed by atoms with Crippen molar-refractivity contribution in [2.45, 2.75) is 20.3 Å². The first-order valence-electron chi connectivity index (χ1n) is 12.0. The lowest BCUT2D eigenvalue weighted by molar-refractivity contribution is 0.0990. The second-order valence-corrected chi connectivity index (χ2v) is 8.96. The van der Waals surface area contributed by atoms with Crippen molar-refractivity contribution in [3.63, 3.8) is 0 Å². The average molecular weight is 528 g/mol. The molecule has 0 atom stereocenters. The second kappa shape index (κ2) is 10.4. The van der Waals surface area contributed by atoms with E-state index in [1.54, 1.807) is 44.2 Å². The number of nitrogens with zero attached hydrogens (tertiary/aromatic N) is 3. The summed E-state index contributed by atoms with van der Waals surface area (Å²) in [7, 11) is 1.49. The standard InChI is InChI=1S/C30H23F2N3O4/c1-17-14-18(2)35(21-7-5-20(31)6-8-21)30(37)28(17)24(36)16-19-4-10-25(22(32)15-19)39-26-12-13-33-23-9-11-27(38-3)34-29(23)26/h4-15H,16H2,1-3H3. The van der Waals surface area contributed by atoms with Gasteiger partial charge in [-0.2, -0.15) is 0 Å². The van der Waals surface area contributed by atoms with Gasteiger partial charge in [0.25, 0.3) is 5.56 Å². The van der Waals surface area contributed by atoms with Crippen LogP contribution in [0.3, 0.4) is 0 Å². The summed E-state index contributed by atoms with van der Waals surface area (Å²) in [5.41, 5.74) is 2.36. The summed E-state index contributed by atoms with van der Waals surface area (Å²) in [5, 5.41) is 0. The minimum atomic E-state index is -0.683. The first-order valence-corrected chi connectivity index (χ1v) is 12.0. The molecule has 0 radical (unpaired) electrons. The maximum Gasteiger partial charge on any atom is 0.266 e. The Morgan fingerprint density at radius 2 is 1.72 bits per heavy atom. The molecular formula is C30H23F2N3O4. The summed E-state index contributed by atoms with van der Waals surface area (Å²) in [6.07, 6.45) is 1.33. The number of hydrogen-bond donors (Lipinski definition) is 0. The van der Waals surface area contributed by atoms with E-state index in [2.05, 4.69) is 9.97 Å². The molecule has 196 valence electrons. The monoisotopic (exact) mass is 527 g/mol. The molecule has 0 fully saturated rings. The van der Waals surface area contributed by atoms with Crippen LogP contribution in [0.15, 0.2) is 77.7 Å². The van der Waals surface area contributed by atoms with Crippen LogP contribution >= 0.6 is 0 Å². The topological polar surface area (TPSA) is 83.3 Å². The van der Waals surface area contributed by atoms with Crippen molar-refractivity contribution < 1.29 is 23.0 Å². The molecule has 0 aliphatic carbocycles. The molecule has 0 saturated carbocycles. The fourth-order valence-electron chi connectivity index (χ4n) is 4.45. The number of ketones is 1. The number of aryl methyl sites for hydroxylation is 2. The van der Waals surface area contributed by atoms with Crippen LogP contribution in [0.5, 0.6) is 17.4 Å². The molecule has 0 unspecified atom stereocenters. The summed E-state index contributed by atoms with van der Waals surface area (Å²) >= 11 is 0. The van der Waals surface area contributed by atoms with E-state index in [1.165, 1.54) is 54.3 Å². The number of Topliss-reactive ketones (excluding diaryl/α,β-unsaturated/α-hetero) is 1. The molecule has 9 heteroatoms. The number of methoxy groups -OCH3 is 1. The number of rotatable bonds is 7. The summed E-state index contributed by atoms with van der Waals surface area (Å²) in [4.78, 5) is 35.2. The van der Waals surface area contributed by atoms with Gasteiger partial charge >= 0.3 is 0 Å². The number of ether oxygens (including phenoxy) is 2. The molecular weight excluding hydrogens is 504 g/mol. The van der Waals surface area contributed by atoms with Crippen molar-refractivity contribution in [3.05, 3.63) is 117 Å². The van der Waals surface area contributed by atoms with Gasteiger partial charge in [-0.25, -0.2) is 13.8 Å². The summed E-state index contributed by atoms with van der Waals surface area (Å²) in [6, 6.07) is 16.3. The highest BCUT2D eigenvalue weighted by molar-refractivity contribution is 5.98. The van der Waals surface area contributed by atoms with Crippen LogP contribution in [0, 0.1) is 25.5 Å². The largest absolute Gasteiger partial charge is 0.481 e. The van der Waals surface area contributed by atoms with Gasteiger partial charge in [-0.15, -0.1) is 0 Å². The predicted molar refractivity (Wildman–Crippen MR) is 142 cm³/mol. The number of fused-ring (bicyclic) bond motifs is 1. The smallest absolute Gasteiger partial charge is 0.266 e. The minimum absolute atomic E-state index is 0.00561. The average Bonchev–Trinajstić information content (AvgIpc) is 2.91. The quantitative estimate of drug-likeness (QED) is 0.245. The summed E-state index contributed by atoms with van der Waals surface area (Å²) in [6.45, 7) is 3.41. The first-order chi connectivity index (χ1) is 18.7. The van der Waals surface area contributed by atoms with Gasteiger partial charge in [0.15, 0.2) is 23.1 Å². The Kier molecular flexibility index (Phi) is 6.89. The van der Waals surface area contributed by atoms with Crippen LogP contribution in [0.25, 0.3) is 16.7 Å². The van der Waals surface area contributed by atoms with Gasteiger partial charge in [0, 0.05) is 36.1 Å². The molecule has 0 saturated heterocycles. The highest BCUT2D eigenvalue weighted by Crippen LogP contribution is 2.31. The third-order valence-corrected chi connectivity index (χ3v) is 6.26. The normalized spacial score (nSPS) is 11.0. The molecule has 0 aliphatic heterocycles. The molecule has 0 aliphatic rings. The maximum atomic E-state index is 15.1. The molecule has 5 aromatic rings. The Morgan fingerprint density at radius 3 is 2.44 bits per heavy atom. The lowest BCUT2D eigenvalue weighted by Crippen LogP contribution is -2.29. The van der Waals surface area contributed by atoms with Crippen molar-refractivity contribution in [2.24, 2.45) is 0 Å². The van der Waals surface area contributed by atoms with E-state index in [4.69, 9.17) is 9.47 Å². The molecule has 0 amide bonds. The minimum Gasteiger partial charge on any atom is -0.481 e. The number of halogens is 2. The van der Waals surface area contributed by atoms with Crippen LogP contribution in [0.2, 0.25) is 0 Å². The van der Waals surface area contributed by atoms with Crippen LogP contribution < -0.4 is 15.0 Å². The summed E-state index contributed by atoms with van der Waals surface area (Å²) < 4.78 is 40.8. The molecule has 7 nitrogen and oxygen atoms in total. The highest BCUT2D eigenvalue weighted by Gasteiger charge is 2.20. The summed E-state index contributed by atoms with van der Waals surface area (Å²) in [5.74, 6) is -0.989. The van der Waals surface area contributed by atoms with E-state index in [1.807, 2.05) is 0 Å². The molecule has 0 N–H and O–H groups in total. The van der Waals surface area contributed by atoms with Gasteiger partial charge in [-0.3, -0.25) is 19.1 Å². The van der Waals surface area contributed by atoms with Gasteiger partial charge in [-0.1, -0.05) is 6.07 Å². The molecule has 3 aromatic heterocycles. The van der Waals surface area contributed by atoms with Gasteiger partial charge in [-0.05, 0) is 73.5 Å². The fourth-order valence-corrected chi connectivity index (χ4v) is 4.45. The Bertz CT molecular complexity index is 1780.